The first-order valence-electron chi connectivity index (χ1n) is 7.54. The molecule has 0 aliphatic carbocycles. The number of benzene rings is 2. The van der Waals surface area contributed by atoms with Gasteiger partial charge < -0.3 is 0 Å². The Morgan fingerprint density at radius 3 is 2.88 bits per heavy atom. The number of carbonyl (C=O) groups is 1. The molecule has 132 valence electrons. The summed E-state index contributed by atoms with van der Waals surface area (Å²) < 4.78 is 15.4. The number of hydrazone groups is 1. The third-order valence-corrected chi connectivity index (χ3v) is 5.41. The van der Waals surface area contributed by atoms with Gasteiger partial charge in [0.15, 0.2) is 11.3 Å². The van der Waals surface area contributed by atoms with Crippen molar-refractivity contribution in [2.75, 3.05) is 6.26 Å². The summed E-state index contributed by atoms with van der Waals surface area (Å²) in [7, 11) is 0. The minimum absolute atomic E-state index is 0.180. The molecule has 0 saturated heterocycles. The van der Waals surface area contributed by atoms with Crippen LogP contribution in [0.3, 0.4) is 0 Å². The number of hydrogen-bond donors (Lipinski definition) is 1. The van der Waals surface area contributed by atoms with Crippen molar-refractivity contribution in [3.63, 3.8) is 0 Å². The van der Waals surface area contributed by atoms with Gasteiger partial charge in [-0.3, -0.25) is 15.1 Å². The molecular weight excluding hydrogens is 443 g/mol. The fraction of sp³-hybridized carbons (Fsp3) is 0.118. The van der Waals surface area contributed by atoms with E-state index in [0.29, 0.717) is 21.4 Å². The average Bonchev–Trinajstić information content (AvgIpc) is 2.61. The van der Waals surface area contributed by atoms with Crippen LogP contribution in [0.25, 0.3) is 5.70 Å². The predicted octanol–water partition coefficient (Wildman–Crippen LogP) is 2.75. The van der Waals surface area contributed by atoms with E-state index in [2.05, 4.69) is 31.3 Å². The van der Waals surface area contributed by atoms with Gasteiger partial charge in [0.1, 0.15) is 11.5 Å². The minimum atomic E-state index is -0.874. The lowest BCUT2D eigenvalue weighted by molar-refractivity contribution is -0.116. The van der Waals surface area contributed by atoms with E-state index < -0.39 is 12.0 Å². The standard InChI is InChI=1S/C17H11BrClFN4OS/c1-26-17-22-16(25)14-9-7-8(18)5-6-12(9)21-15(24(14)23-17)13-10(19)3-2-4-11(13)20/h2-7,15H,1H3,(H,22,23,25). The highest BCUT2D eigenvalue weighted by Crippen LogP contribution is 2.35. The van der Waals surface area contributed by atoms with Gasteiger partial charge >= 0.3 is 0 Å². The summed E-state index contributed by atoms with van der Waals surface area (Å²) in [5, 5.41) is 10.4. The summed E-state index contributed by atoms with van der Waals surface area (Å²) in [4.78, 5) is 17.4. The third-order valence-electron chi connectivity index (χ3n) is 4.02. The number of nitrogens with one attached hydrogen (secondary N) is 1. The van der Waals surface area contributed by atoms with Crippen LogP contribution < -0.4 is 15.9 Å². The van der Waals surface area contributed by atoms with Crippen LogP contribution in [0.5, 0.6) is 0 Å². The van der Waals surface area contributed by atoms with E-state index in [0.717, 1.165) is 4.47 Å². The van der Waals surface area contributed by atoms with E-state index in [1.807, 2.05) is 6.07 Å². The quantitative estimate of drug-likeness (QED) is 0.722. The SMILES string of the molecule is CSC1=NN2C(=c3cc(Br)ccc3=NC2c2c(F)cccc2Cl)C(=O)N1. The number of nitrogens with zero attached hydrogens (tertiary/aromatic N) is 3. The Bertz CT molecular complexity index is 1070. The van der Waals surface area contributed by atoms with Crippen molar-refractivity contribution in [3.8, 4) is 0 Å². The molecule has 1 atom stereocenters. The molecule has 2 aliphatic heterocycles. The van der Waals surface area contributed by atoms with Gasteiger partial charge in [-0.15, -0.1) is 5.10 Å². The molecule has 1 unspecified atom stereocenters. The van der Waals surface area contributed by atoms with E-state index in [4.69, 9.17) is 11.6 Å². The minimum Gasteiger partial charge on any atom is -0.298 e. The van der Waals surface area contributed by atoms with Gasteiger partial charge in [-0.05, 0) is 36.6 Å². The van der Waals surface area contributed by atoms with E-state index in [-0.39, 0.29) is 16.5 Å². The number of rotatable bonds is 1. The lowest BCUT2D eigenvalue weighted by Crippen LogP contribution is -2.50. The fourth-order valence-corrected chi connectivity index (χ4v) is 3.87. The van der Waals surface area contributed by atoms with Crippen LogP contribution in [0.4, 0.5) is 4.39 Å². The zero-order valence-electron chi connectivity index (χ0n) is 13.3. The van der Waals surface area contributed by atoms with Crippen molar-refractivity contribution in [2.45, 2.75) is 6.17 Å². The molecule has 0 spiro atoms. The number of fused-ring (bicyclic) bond motifs is 2. The van der Waals surface area contributed by atoms with Crippen LogP contribution in [0.2, 0.25) is 5.02 Å². The number of thioether (sulfide) groups is 1. The molecule has 1 amide bonds. The average molecular weight is 454 g/mol. The van der Waals surface area contributed by atoms with Gasteiger partial charge in [0.05, 0.1) is 15.9 Å². The fourth-order valence-electron chi connectivity index (χ4n) is 2.89. The molecule has 5 nitrogen and oxygen atoms in total. The smallest absolute Gasteiger partial charge is 0.276 e. The molecule has 4 rings (SSSR count). The maximum Gasteiger partial charge on any atom is 0.276 e. The third kappa shape index (κ3) is 2.82. The summed E-state index contributed by atoms with van der Waals surface area (Å²) in [5.74, 6) is -0.825. The molecule has 26 heavy (non-hydrogen) atoms. The van der Waals surface area contributed by atoms with Gasteiger partial charge in [0.2, 0.25) is 0 Å². The van der Waals surface area contributed by atoms with Gasteiger partial charge in [0.25, 0.3) is 5.91 Å². The Labute approximate surface area is 165 Å². The van der Waals surface area contributed by atoms with Gasteiger partial charge in [0, 0.05) is 9.69 Å². The van der Waals surface area contributed by atoms with Crippen LogP contribution >= 0.6 is 39.3 Å². The van der Waals surface area contributed by atoms with Gasteiger partial charge in [-0.1, -0.05) is 45.4 Å². The van der Waals surface area contributed by atoms with Crippen molar-refractivity contribution in [2.24, 2.45) is 10.1 Å². The number of halogens is 3. The van der Waals surface area contributed by atoms with Gasteiger partial charge in [-0.2, -0.15) is 0 Å². The van der Waals surface area contributed by atoms with Crippen molar-refractivity contribution >= 4 is 56.1 Å². The Balaban J connectivity index is 2.06. The molecule has 9 heteroatoms. The molecule has 0 radical (unpaired) electrons. The Kier molecular flexibility index (Phi) is 4.50. The van der Waals surface area contributed by atoms with Crippen LogP contribution in [0.15, 0.2) is 51.0 Å². The molecule has 2 aromatic rings. The van der Waals surface area contributed by atoms with Crippen LogP contribution in [0.1, 0.15) is 11.7 Å². The molecular formula is C17H11BrClFN4OS. The number of hydrogen-bond acceptors (Lipinski definition) is 5. The second-order valence-electron chi connectivity index (χ2n) is 5.56. The first-order chi connectivity index (χ1) is 12.5. The zero-order chi connectivity index (χ0) is 18.4. The molecule has 2 aromatic carbocycles. The van der Waals surface area contributed by atoms with Crippen molar-refractivity contribution in [1.29, 1.82) is 0 Å². The van der Waals surface area contributed by atoms with Gasteiger partial charge in [-0.25, -0.2) is 9.40 Å². The predicted molar refractivity (Wildman–Crippen MR) is 103 cm³/mol. The molecule has 1 N–H and O–H groups in total. The van der Waals surface area contributed by atoms with Crippen molar-refractivity contribution in [3.05, 3.63) is 67.9 Å². The second-order valence-corrected chi connectivity index (χ2v) is 7.67. The number of amidine groups is 1. The highest BCUT2D eigenvalue weighted by atomic mass is 79.9. The highest BCUT2D eigenvalue weighted by Gasteiger charge is 2.36. The van der Waals surface area contributed by atoms with E-state index >= 15 is 0 Å². The topological polar surface area (TPSA) is 57.1 Å². The second kappa shape index (κ2) is 6.68. The Morgan fingerprint density at radius 2 is 2.15 bits per heavy atom. The molecule has 2 heterocycles. The lowest BCUT2D eigenvalue weighted by Gasteiger charge is -2.34. The van der Waals surface area contributed by atoms with E-state index in [9.17, 15) is 9.18 Å². The number of amides is 1. The summed E-state index contributed by atoms with van der Waals surface area (Å²) in [6.45, 7) is 0. The Hall–Kier alpha value is -1.90. The zero-order valence-corrected chi connectivity index (χ0v) is 16.5. The van der Waals surface area contributed by atoms with E-state index in [1.165, 1.54) is 28.9 Å². The summed E-state index contributed by atoms with van der Waals surface area (Å²) in [6.07, 6.45) is 0.918. The normalized spacial score (nSPS) is 18.5. The Morgan fingerprint density at radius 1 is 1.35 bits per heavy atom. The summed E-state index contributed by atoms with van der Waals surface area (Å²) in [5.41, 5.74) is 0.484. The van der Waals surface area contributed by atoms with Crippen LogP contribution in [-0.2, 0) is 4.79 Å². The molecule has 2 aliphatic rings. The first kappa shape index (κ1) is 17.5. The maximum absolute atomic E-state index is 14.6. The highest BCUT2D eigenvalue weighted by molar-refractivity contribution is 9.10. The molecule has 0 saturated carbocycles. The van der Waals surface area contributed by atoms with E-state index in [1.54, 1.807) is 24.5 Å². The monoisotopic (exact) mass is 452 g/mol. The van der Waals surface area contributed by atoms with Crippen LogP contribution in [0, 0.1) is 5.82 Å². The number of carbonyl (C=O) groups excluding carboxylic acids is 1. The molecule has 0 fully saturated rings. The van der Waals surface area contributed by atoms with Crippen LogP contribution in [-0.4, -0.2) is 22.3 Å². The molecule has 0 aromatic heterocycles. The maximum atomic E-state index is 14.6. The van der Waals surface area contributed by atoms with Crippen molar-refractivity contribution < 1.29 is 9.18 Å². The van der Waals surface area contributed by atoms with Crippen molar-refractivity contribution in [1.82, 2.24) is 10.3 Å². The summed E-state index contributed by atoms with van der Waals surface area (Å²) >= 11 is 10.9. The molecule has 0 bridgehead atoms. The summed E-state index contributed by atoms with van der Waals surface area (Å²) in [6, 6.07) is 9.81. The lowest BCUT2D eigenvalue weighted by atomic mass is 10.1. The largest absolute Gasteiger partial charge is 0.298 e. The first-order valence-corrected chi connectivity index (χ1v) is 9.94.